The molecule has 0 radical (unpaired) electrons. The van der Waals surface area contributed by atoms with Crippen molar-refractivity contribution in [1.82, 2.24) is 19.6 Å². The first kappa shape index (κ1) is 21.7. The molecule has 2 aromatic carbocycles. The van der Waals surface area contributed by atoms with Gasteiger partial charge in [-0.2, -0.15) is 0 Å². The molecule has 0 saturated carbocycles. The number of methoxy groups -OCH3 is 3. The van der Waals surface area contributed by atoms with E-state index in [1.807, 2.05) is 40.9 Å². The van der Waals surface area contributed by atoms with Gasteiger partial charge in [0, 0.05) is 17.3 Å². The SMILES string of the molecule is COc1cc(-c2nc(-c3nnc(-c4ccc(F)c(Cl)c4)o3)c3ccccn23)cc(OC)c1OC. The van der Waals surface area contributed by atoms with Gasteiger partial charge in [0.2, 0.25) is 11.6 Å². The standard InChI is InChI=1S/C24H18ClFN4O4/c1-31-18-11-14(12-19(32-2)21(18)33-3)22-27-20(17-6-4-5-9-30(17)22)24-29-28-23(34-24)13-7-8-16(26)15(25)10-13/h4-12H,1-3H3. The van der Waals surface area contributed by atoms with Crippen LogP contribution in [-0.4, -0.2) is 40.9 Å². The lowest BCUT2D eigenvalue weighted by molar-refractivity contribution is 0.324. The zero-order chi connectivity index (χ0) is 23.8. The summed E-state index contributed by atoms with van der Waals surface area (Å²) in [7, 11) is 4.65. The first-order chi connectivity index (χ1) is 16.5. The highest BCUT2D eigenvalue weighted by Gasteiger charge is 2.22. The van der Waals surface area contributed by atoms with E-state index in [-0.39, 0.29) is 16.8 Å². The molecular weight excluding hydrogens is 463 g/mol. The number of pyridine rings is 1. The first-order valence-corrected chi connectivity index (χ1v) is 10.5. The Balaban J connectivity index is 1.65. The molecule has 0 saturated heterocycles. The topological polar surface area (TPSA) is 83.9 Å². The normalized spacial score (nSPS) is 11.1. The van der Waals surface area contributed by atoms with Crippen molar-refractivity contribution in [2.75, 3.05) is 21.3 Å². The van der Waals surface area contributed by atoms with Gasteiger partial charge in [0.25, 0.3) is 5.89 Å². The molecule has 34 heavy (non-hydrogen) atoms. The van der Waals surface area contributed by atoms with Gasteiger partial charge in [-0.3, -0.25) is 4.40 Å². The van der Waals surface area contributed by atoms with Gasteiger partial charge in [0.1, 0.15) is 11.6 Å². The number of benzene rings is 2. The summed E-state index contributed by atoms with van der Waals surface area (Å²) in [5.41, 5.74) is 2.46. The van der Waals surface area contributed by atoms with Gasteiger partial charge < -0.3 is 18.6 Å². The average Bonchev–Trinajstić information content (AvgIpc) is 3.50. The number of aromatic nitrogens is 4. The minimum atomic E-state index is -0.528. The Bertz CT molecular complexity index is 1490. The Hall–Kier alpha value is -4.11. The lowest BCUT2D eigenvalue weighted by Crippen LogP contribution is -1.97. The maximum absolute atomic E-state index is 13.5. The quantitative estimate of drug-likeness (QED) is 0.315. The Labute approximate surface area is 198 Å². The lowest BCUT2D eigenvalue weighted by Gasteiger charge is -2.13. The fraction of sp³-hybridized carbons (Fsp3) is 0.125. The van der Waals surface area contributed by atoms with Crippen LogP contribution >= 0.6 is 11.6 Å². The second-order valence-corrected chi connectivity index (χ2v) is 7.60. The predicted octanol–water partition coefficient (Wildman–Crippen LogP) is 5.54. The van der Waals surface area contributed by atoms with E-state index in [0.717, 1.165) is 11.1 Å². The highest BCUT2D eigenvalue weighted by atomic mass is 35.5. The number of ether oxygens (including phenoxy) is 3. The number of hydrogen-bond donors (Lipinski definition) is 0. The first-order valence-electron chi connectivity index (χ1n) is 10.1. The van der Waals surface area contributed by atoms with Crippen molar-refractivity contribution in [3.63, 3.8) is 0 Å². The van der Waals surface area contributed by atoms with Gasteiger partial charge in [0.15, 0.2) is 17.2 Å². The average molecular weight is 481 g/mol. The van der Waals surface area contributed by atoms with E-state index in [1.54, 1.807) is 21.3 Å². The Morgan fingerprint density at radius 2 is 1.62 bits per heavy atom. The van der Waals surface area contributed by atoms with E-state index in [0.29, 0.717) is 34.3 Å². The summed E-state index contributed by atoms with van der Waals surface area (Å²) in [5.74, 6) is 1.96. The third kappa shape index (κ3) is 3.60. The highest BCUT2D eigenvalue weighted by molar-refractivity contribution is 6.31. The molecule has 0 aliphatic heterocycles. The largest absolute Gasteiger partial charge is 0.493 e. The number of halogens is 2. The van der Waals surface area contributed by atoms with Crippen LogP contribution in [0.15, 0.2) is 59.1 Å². The van der Waals surface area contributed by atoms with Crippen LogP contribution in [-0.2, 0) is 0 Å². The highest BCUT2D eigenvalue weighted by Crippen LogP contribution is 2.42. The summed E-state index contributed by atoms with van der Waals surface area (Å²) in [6.07, 6.45) is 1.88. The second-order valence-electron chi connectivity index (χ2n) is 7.20. The van der Waals surface area contributed by atoms with E-state index in [2.05, 4.69) is 10.2 Å². The van der Waals surface area contributed by atoms with E-state index in [1.165, 1.54) is 18.2 Å². The van der Waals surface area contributed by atoms with Crippen molar-refractivity contribution < 1.29 is 23.0 Å². The molecular formula is C24H18ClFN4O4. The molecule has 10 heteroatoms. The smallest absolute Gasteiger partial charge is 0.268 e. The summed E-state index contributed by atoms with van der Waals surface area (Å²) in [6, 6.07) is 13.5. The van der Waals surface area contributed by atoms with Gasteiger partial charge in [-0.1, -0.05) is 17.7 Å². The molecule has 0 bridgehead atoms. The molecule has 0 spiro atoms. The number of hydrogen-bond acceptors (Lipinski definition) is 7. The number of rotatable bonds is 6. The second kappa shape index (κ2) is 8.68. The maximum atomic E-state index is 13.5. The van der Waals surface area contributed by atoms with Crippen LogP contribution < -0.4 is 14.2 Å². The van der Waals surface area contributed by atoms with Crippen LogP contribution in [0.4, 0.5) is 4.39 Å². The molecule has 5 aromatic rings. The molecule has 0 aliphatic rings. The van der Waals surface area contributed by atoms with Crippen LogP contribution in [0, 0.1) is 5.82 Å². The van der Waals surface area contributed by atoms with Crippen molar-refractivity contribution in [3.8, 4) is 51.7 Å². The molecule has 0 unspecified atom stereocenters. The molecule has 3 aromatic heterocycles. The van der Waals surface area contributed by atoms with Gasteiger partial charge in [-0.05, 0) is 42.5 Å². The van der Waals surface area contributed by atoms with Crippen molar-refractivity contribution in [2.45, 2.75) is 0 Å². The molecule has 0 N–H and O–H groups in total. The van der Waals surface area contributed by atoms with Crippen LogP contribution in [0.25, 0.3) is 39.9 Å². The molecule has 5 rings (SSSR count). The number of imidazole rings is 1. The lowest BCUT2D eigenvalue weighted by atomic mass is 10.1. The minimum Gasteiger partial charge on any atom is -0.493 e. The summed E-state index contributed by atoms with van der Waals surface area (Å²) in [5, 5.41) is 8.23. The van der Waals surface area contributed by atoms with Crippen LogP contribution in [0.3, 0.4) is 0 Å². The fourth-order valence-electron chi connectivity index (χ4n) is 3.67. The Morgan fingerprint density at radius 3 is 2.29 bits per heavy atom. The molecule has 0 amide bonds. The van der Waals surface area contributed by atoms with Crippen molar-refractivity contribution in [1.29, 1.82) is 0 Å². The molecule has 8 nitrogen and oxygen atoms in total. The fourth-order valence-corrected chi connectivity index (χ4v) is 3.85. The van der Waals surface area contributed by atoms with Crippen molar-refractivity contribution >= 4 is 17.1 Å². The van der Waals surface area contributed by atoms with Crippen LogP contribution in [0.1, 0.15) is 0 Å². The van der Waals surface area contributed by atoms with Gasteiger partial charge in [-0.25, -0.2) is 9.37 Å². The van der Waals surface area contributed by atoms with Gasteiger partial charge >= 0.3 is 0 Å². The molecule has 172 valence electrons. The Morgan fingerprint density at radius 1 is 0.882 bits per heavy atom. The Kier molecular flexibility index (Phi) is 5.54. The van der Waals surface area contributed by atoms with E-state index in [9.17, 15) is 4.39 Å². The van der Waals surface area contributed by atoms with E-state index in [4.69, 9.17) is 35.2 Å². The third-order valence-corrected chi connectivity index (χ3v) is 5.56. The predicted molar refractivity (Wildman–Crippen MR) is 124 cm³/mol. The number of nitrogens with zero attached hydrogens (tertiary/aromatic N) is 4. The summed E-state index contributed by atoms with van der Waals surface area (Å²) >= 11 is 5.90. The van der Waals surface area contributed by atoms with Gasteiger partial charge in [0.05, 0.1) is 31.9 Å². The zero-order valence-corrected chi connectivity index (χ0v) is 19.1. The van der Waals surface area contributed by atoms with E-state index >= 15 is 0 Å². The van der Waals surface area contributed by atoms with Crippen LogP contribution in [0.2, 0.25) is 5.02 Å². The van der Waals surface area contributed by atoms with Crippen molar-refractivity contribution in [3.05, 3.63) is 65.6 Å². The third-order valence-electron chi connectivity index (χ3n) is 5.27. The summed E-state index contributed by atoms with van der Waals surface area (Å²) < 4.78 is 37.7. The monoisotopic (exact) mass is 480 g/mol. The molecule has 3 heterocycles. The van der Waals surface area contributed by atoms with Gasteiger partial charge in [-0.15, -0.1) is 10.2 Å². The molecule has 0 fully saturated rings. The summed E-state index contributed by atoms with van der Waals surface area (Å²) in [4.78, 5) is 4.80. The van der Waals surface area contributed by atoms with E-state index < -0.39 is 5.82 Å². The minimum absolute atomic E-state index is 0.0330. The maximum Gasteiger partial charge on any atom is 0.268 e. The summed E-state index contributed by atoms with van der Waals surface area (Å²) in [6.45, 7) is 0. The molecule has 0 atom stereocenters. The van der Waals surface area contributed by atoms with Crippen LogP contribution in [0.5, 0.6) is 17.2 Å². The zero-order valence-electron chi connectivity index (χ0n) is 18.4. The number of fused-ring (bicyclic) bond motifs is 1. The molecule has 0 aliphatic carbocycles. The van der Waals surface area contributed by atoms with Crippen molar-refractivity contribution in [2.24, 2.45) is 0 Å².